The maximum absolute atomic E-state index is 13.6. The molecule has 0 unspecified atom stereocenters. The minimum atomic E-state index is -1.02. The third kappa shape index (κ3) is 4.21. The van der Waals surface area contributed by atoms with Crippen LogP contribution in [-0.4, -0.2) is 44.5 Å². The zero-order valence-electron chi connectivity index (χ0n) is 16.7. The molecule has 3 heterocycles. The highest BCUT2D eigenvalue weighted by Gasteiger charge is 2.25. The molecular formula is C22H25FN4O3. The zero-order valence-corrected chi connectivity index (χ0v) is 16.7. The van der Waals surface area contributed by atoms with Crippen molar-refractivity contribution < 1.29 is 14.6 Å². The van der Waals surface area contributed by atoms with Gasteiger partial charge in [-0.25, -0.2) is 9.37 Å². The number of halogens is 1. The van der Waals surface area contributed by atoms with Crippen LogP contribution in [0.4, 0.5) is 10.1 Å². The van der Waals surface area contributed by atoms with Gasteiger partial charge in [0.05, 0.1) is 12.3 Å². The van der Waals surface area contributed by atoms with Gasteiger partial charge in [-0.05, 0) is 61.2 Å². The highest BCUT2D eigenvalue weighted by atomic mass is 19.1. The standard InChI is InChI=1S/C22H25FN4O3/c1-13-8-15(14-4-2-5-16(23)9-14)12-27-21(13)25-11-18(22(27)30)26-20(29)10-17-19(28)6-3-7-24-17/h2,4-5,8-9,11-12,17,19-20,24,26,28-29H,3,6-7,10H2,1H3/t17-,19+,20+/m1/s1. The maximum atomic E-state index is 13.6. The summed E-state index contributed by atoms with van der Waals surface area (Å²) in [6, 6.07) is 7.79. The van der Waals surface area contributed by atoms with Gasteiger partial charge in [0.25, 0.3) is 5.56 Å². The normalized spacial score (nSPS) is 20.3. The van der Waals surface area contributed by atoms with E-state index in [9.17, 15) is 19.4 Å². The SMILES string of the molecule is Cc1cc(-c2cccc(F)c2)cn2c(=O)c(N[C@@H](O)C[C@H]3NCCC[C@@H]3O)cnc12. The van der Waals surface area contributed by atoms with Crippen LogP contribution in [0.5, 0.6) is 0 Å². The number of fused-ring (bicyclic) bond motifs is 1. The number of aliphatic hydroxyl groups excluding tert-OH is 2. The Labute approximate surface area is 173 Å². The lowest BCUT2D eigenvalue weighted by Gasteiger charge is -2.30. The van der Waals surface area contributed by atoms with Gasteiger partial charge < -0.3 is 20.8 Å². The summed E-state index contributed by atoms with van der Waals surface area (Å²) in [5, 5.41) is 26.5. The number of nitrogens with zero attached hydrogens (tertiary/aromatic N) is 2. The van der Waals surface area contributed by atoms with E-state index in [1.807, 2.05) is 13.0 Å². The quantitative estimate of drug-likeness (QED) is 0.479. The summed E-state index contributed by atoms with van der Waals surface area (Å²) in [5.74, 6) is -0.354. The fourth-order valence-corrected chi connectivity index (χ4v) is 3.93. The molecule has 1 saturated heterocycles. The van der Waals surface area contributed by atoms with E-state index in [1.165, 1.54) is 22.7 Å². The number of aliphatic hydroxyl groups is 2. The summed E-state index contributed by atoms with van der Waals surface area (Å²) >= 11 is 0. The van der Waals surface area contributed by atoms with E-state index < -0.39 is 12.3 Å². The number of aryl methyl sites for hydroxylation is 1. The first-order valence-corrected chi connectivity index (χ1v) is 10.1. The Kier molecular flexibility index (Phi) is 5.80. The summed E-state index contributed by atoms with van der Waals surface area (Å²) in [5.41, 5.74) is 2.40. The predicted octanol–water partition coefficient (Wildman–Crippen LogP) is 2.04. The third-order valence-electron chi connectivity index (χ3n) is 5.49. The minimum Gasteiger partial charge on any atom is -0.392 e. The first-order chi connectivity index (χ1) is 14.4. The molecule has 30 heavy (non-hydrogen) atoms. The van der Waals surface area contributed by atoms with Crippen LogP contribution in [0, 0.1) is 12.7 Å². The van der Waals surface area contributed by atoms with Crippen molar-refractivity contribution in [2.45, 2.75) is 44.6 Å². The van der Waals surface area contributed by atoms with E-state index in [0.29, 0.717) is 23.2 Å². The van der Waals surface area contributed by atoms with Gasteiger partial charge in [-0.3, -0.25) is 9.20 Å². The van der Waals surface area contributed by atoms with Gasteiger partial charge in [-0.2, -0.15) is 0 Å². The van der Waals surface area contributed by atoms with Gasteiger partial charge in [0.15, 0.2) is 0 Å². The van der Waals surface area contributed by atoms with Crippen LogP contribution in [0.15, 0.2) is 47.5 Å². The summed E-state index contributed by atoms with van der Waals surface area (Å²) in [6.45, 7) is 2.62. The van der Waals surface area contributed by atoms with Crippen molar-refractivity contribution in [3.63, 3.8) is 0 Å². The topological polar surface area (TPSA) is 98.9 Å². The molecule has 0 spiro atoms. The summed E-state index contributed by atoms with van der Waals surface area (Å²) in [4.78, 5) is 17.4. The van der Waals surface area contributed by atoms with E-state index >= 15 is 0 Å². The monoisotopic (exact) mass is 412 g/mol. The van der Waals surface area contributed by atoms with Crippen LogP contribution in [0.1, 0.15) is 24.8 Å². The molecule has 2 aromatic heterocycles. The lowest BCUT2D eigenvalue weighted by molar-refractivity contribution is 0.0669. The second-order valence-corrected chi connectivity index (χ2v) is 7.76. The predicted molar refractivity (Wildman–Crippen MR) is 113 cm³/mol. The number of benzene rings is 1. The second kappa shape index (κ2) is 8.51. The van der Waals surface area contributed by atoms with Crippen molar-refractivity contribution in [2.75, 3.05) is 11.9 Å². The fourth-order valence-electron chi connectivity index (χ4n) is 3.93. The molecule has 0 bridgehead atoms. The number of aromatic nitrogens is 2. The Hall–Kier alpha value is -2.81. The Morgan fingerprint density at radius 3 is 2.97 bits per heavy atom. The Balaban J connectivity index is 1.63. The Morgan fingerprint density at radius 1 is 1.37 bits per heavy atom. The van der Waals surface area contributed by atoms with E-state index in [2.05, 4.69) is 15.6 Å². The molecule has 3 atom stereocenters. The van der Waals surface area contributed by atoms with Gasteiger partial charge in [0.1, 0.15) is 23.4 Å². The smallest absolute Gasteiger partial charge is 0.281 e. The molecule has 158 valence electrons. The molecule has 1 aliphatic heterocycles. The highest BCUT2D eigenvalue weighted by Crippen LogP contribution is 2.23. The zero-order chi connectivity index (χ0) is 21.3. The molecule has 7 nitrogen and oxygen atoms in total. The molecule has 0 aliphatic carbocycles. The van der Waals surface area contributed by atoms with Crippen LogP contribution in [0.25, 0.3) is 16.8 Å². The molecule has 1 aliphatic rings. The fraction of sp³-hybridized carbons (Fsp3) is 0.364. The number of hydrogen-bond acceptors (Lipinski definition) is 6. The Bertz CT molecular complexity index is 1120. The molecule has 4 N–H and O–H groups in total. The third-order valence-corrected chi connectivity index (χ3v) is 5.49. The van der Waals surface area contributed by atoms with E-state index in [0.717, 1.165) is 18.5 Å². The van der Waals surface area contributed by atoms with E-state index in [4.69, 9.17) is 0 Å². The molecular weight excluding hydrogens is 387 g/mol. The van der Waals surface area contributed by atoms with Crippen molar-refractivity contribution in [3.8, 4) is 11.1 Å². The number of nitrogens with one attached hydrogen (secondary N) is 2. The number of rotatable bonds is 5. The largest absolute Gasteiger partial charge is 0.392 e. The summed E-state index contributed by atoms with van der Waals surface area (Å²) < 4.78 is 15.0. The van der Waals surface area contributed by atoms with E-state index in [-0.39, 0.29) is 29.5 Å². The van der Waals surface area contributed by atoms with Crippen LogP contribution in [0.2, 0.25) is 0 Å². The second-order valence-electron chi connectivity index (χ2n) is 7.76. The average Bonchev–Trinajstić information content (AvgIpc) is 2.72. The number of hydrogen-bond donors (Lipinski definition) is 4. The van der Waals surface area contributed by atoms with Crippen LogP contribution < -0.4 is 16.2 Å². The van der Waals surface area contributed by atoms with Gasteiger partial charge >= 0.3 is 0 Å². The average molecular weight is 412 g/mol. The molecule has 4 rings (SSSR count). The van der Waals surface area contributed by atoms with Crippen molar-refractivity contribution >= 4 is 11.3 Å². The molecule has 8 heteroatoms. The first kappa shape index (κ1) is 20.5. The van der Waals surface area contributed by atoms with Gasteiger partial charge in [0, 0.05) is 18.7 Å². The highest BCUT2D eigenvalue weighted by molar-refractivity contribution is 5.67. The lowest BCUT2D eigenvalue weighted by atomic mass is 9.98. The van der Waals surface area contributed by atoms with E-state index in [1.54, 1.807) is 18.3 Å². The molecule has 3 aromatic rings. The molecule has 1 fully saturated rings. The maximum Gasteiger partial charge on any atom is 0.281 e. The number of piperidine rings is 1. The summed E-state index contributed by atoms with van der Waals surface area (Å²) in [6.07, 6.45) is 3.32. The Morgan fingerprint density at radius 2 is 2.20 bits per heavy atom. The number of anilines is 1. The van der Waals surface area contributed by atoms with Crippen LogP contribution in [0.3, 0.4) is 0 Å². The summed E-state index contributed by atoms with van der Waals surface area (Å²) in [7, 11) is 0. The minimum absolute atomic E-state index is 0.154. The van der Waals surface area contributed by atoms with Gasteiger partial charge in [0.2, 0.25) is 0 Å². The van der Waals surface area contributed by atoms with Crippen LogP contribution >= 0.6 is 0 Å². The van der Waals surface area contributed by atoms with Crippen LogP contribution in [-0.2, 0) is 0 Å². The van der Waals surface area contributed by atoms with Crippen molar-refractivity contribution in [2.24, 2.45) is 0 Å². The number of pyridine rings is 1. The van der Waals surface area contributed by atoms with Crippen molar-refractivity contribution in [3.05, 3.63) is 64.5 Å². The van der Waals surface area contributed by atoms with Gasteiger partial charge in [-0.15, -0.1) is 0 Å². The van der Waals surface area contributed by atoms with Crippen molar-refractivity contribution in [1.29, 1.82) is 0 Å². The lowest BCUT2D eigenvalue weighted by Crippen LogP contribution is -2.47. The first-order valence-electron chi connectivity index (χ1n) is 10.1. The molecule has 0 saturated carbocycles. The van der Waals surface area contributed by atoms with Crippen molar-refractivity contribution in [1.82, 2.24) is 14.7 Å². The molecule has 1 aromatic carbocycles. The molecule has 0 amide bonds. The van der Waals surface area contributed by atoms with Gasteiger partial charge in [-0.1, -0.05) is 12.1 Å². The molecule has 0 radical (unpaired) electrons.